The van der Waals surface area contributed by atoms with Crippen LogP contribution < -0.4 is 0 Å². The van der Waals surface area contributed by atoms with E-state index in [0.29, 0.717) is 0 Å². The van der Waals surface area contributed by atoms with Gasteiger partial charge in [0.25, 0.3) is 0 Å². The molecule has 0 aliphatic heterocycles. The Balaban J connectivity index is 0.000000108. The minimum absolute atomic E-state index is 0.0150. The highest BCUT2D eigenvalue weighted by Crippen LogP contribution is 2.58. The first-order valence-corrected chi connectivity index (χ1v) is 42.5. The van der Waals surface area contributed by atoms with Gasteiger partial charge in [-0.1, -0.05) is 361 Å². The van der Waals surface area contributed by atoms with E-state index in [2.05, 4.69) is 398 Å². The standard InChI is InChI=1S/C48H38.C37H34.C31H22/c1-5-48(6-2)41-13-8-7-12-36(41)39-23-19-33(27-44(39)48)32-18-22-37-38-24-20-34(28-43(38)47(3,4)42(37)26-32)35-21-16-31-15-14-29-10-9-11-30-17-25-40(35)46(31)45(29)30;1-6-37(7-2)32-11-9-8-10-29(32)30-18-15-24(22-33(30)37)28-17-14-23-12-13-25-20-27(36(3,4)5)21-26-16-19-31(28)35(23)34(25)26;1-31(2)27-12-4-3-10-23(27)24-16-15-21(18-28(24)31)26-17-22-9-5-7-19-13-14-20-8-6-11-25(26)30(20)29(19)22/h7-28H,5-6H2,1-4H3;8-22H,6-7H2,1-5H3;3-18H,1-2H3. The predicted octanol–water partition coefficient (Wildman–Crippen LogP) is 32.5. The van der Waals surface area contributed by atoms with Gasteiger partial charge in [-0.15, -0.1) is 0 Å². The van der Waals surface area contributed by atoms with Crippen molar-refractivity contribution in [2.24, 2.45) is 0 Å². The molecule has 0 nitrogen and oxygen atoms in total. The van der Waals surface area contributed by atoms with Crippen LogP contribution in [-0.4, -0.2) is 0 Å². The van der Waals surface area contributed by atoms with Crippen molar-refractivity contribution in [1.29, 1.82) is 0 Å². The second-order valence-electron chi connectivity index (χ2n) is 36.1. The Bertz CT molecular complexity index is 7440. The molecule has 558 valence electrons. The van der Waals surface area contributed by atoms with Crippen molar-refractivity contribution in [2.75, 3.05) is 0 Å². The zero-order valence-electron chi connectivity index (χ0n) is 68.4. The zero-order valence-corrected chi connectivity index (χ0v) is 68.4. The van der Waals surface area contributed by atoms with E-state index in [0.717, 1.165) is 25.7 Å². The Morgan fingerprint density at radius 2 is 0.474 bits per heavy atom. The molecule has 0 amide bonds. The molecule has 116 heavy (non-hydrogen) atoms. The SMILES string of the molecule is CC1(C)c2ccccc2-c2ccc(-c3cc4cccc5ccc6cccc3c6c54)cc21.CCC1(CC)c2ccccc2-c2ccc(-c3ccc4c(c3)C(C)(C)c3cc(-c5ccc6ccc7cccc8ccc5c6c78)ccc3-4)cc21.CCC1(CC)c2ccccc2-c2ccc(-c3ccc4ccc5cc(C(C)(C)C)cc6ccc3c4c56)cc21. The molecule has 0 saturated heterocycles. The highest BCUT2D eigenvalue weighted by molar-refractivity contribution is 6.28. The molecule has 0 fully saturated rings. The quantitative estimate of drug-likeness (QED) is 0.133. The van der Waals surface area contributed by atoms with Gasteiger partial charge in [0, 0.05) is 21.7 Å². The Morgan fingerprint density at radius 3 is 0.940 bits per heavy atom. The summed E-state index contributed by atoms with van der Waals surface area (Å²) in [7, 11) is 0. The maximum absolute atomic E-state index is 2.51. The molecule has 0 bridgehead atoms. The minimum Gasteiger partial charge on any atom is -0.0642 e. The van der Waals surface area contributed by atoms with Gasteiger partial charge in [0.1, 0.15) is 0 Å². The van der Waals surface area contributed by atoms with Crippen molar-refractivity contribution in [3.05, 3.63) is 372 Å². The number of hydrogen-bond donors (Lipinski definition) is 0. The van der Waals surface area contributed by atoms with Crippen LogP contribution in [0.1, 0.15) is 152 Å². The first-order valence-electron chi connectivity index (χ1n) is 42.5. The van der Waals surface area contributed by atoms with Gasteiger partial charge in [-0.25, -0.2) is 0 Å². The lowest BCUT2D eigenvalue weighted by Crippen LogP contribution is -2.23. The van der Waals surface area contributed by atoms with E-state index >= 15 is 0 Å². The van der Waals surface area contributed by atoms with Crippen molar-refractivity contribution in [3.63, 3.8) is 0 Å². The zero-order chi connectivity index (χ0) is 78.6. The molecule has 0 unspecified atom stereocenters. The molecule has 0 radical (unpaired) electrons. The lowest BCUT2D eigenvalue weighted by Gasteiger charge is -2.30. The first kappa shape index (κ1) is 70.2. The summed E-state index contributed by atoms with van der Waals surface area (Å²) in [5.74, 6) is 0. The Hall–Kier alpha value is -12.5. The summed E-state index contributed by atoms with van der Waals surface area (Å²) in [6.45, 7) is 25.9. The average molecular weight is 1490 g/mol. The van der Waals surface area contributed by atoms with Gasteiger partial charge in [-0.2, -0.15) is 0 Å². The third-order valence-corrected chi connectivity index (χ3v) is 29.0. The molecule has 20 aromatic rings. The van der Waals surface area contributed by atoms with Crippen LogP contribution in [0.4, 0.5) is 0 Å². The van der Waals surface area contributed by atoms with Crippen LogP contribution in [0.3, 0.4) is 0 Å². The summed E-state index contributed by atoms with van der Waals surface area (Å²) in [5, 5.41) is 24.3. The number of hydrogen-bond acceptors (Lipinski definition) is 0. The topological polar surface area (TPSA) is 0 Å². The van der Waals surface area contributed by atoms with Gasteiger partial charge in [-0.05, 0) is 304 Å². The molecule has 0 spiro atoms. The summed E-state index contributed by atoms with van der Waals surface area (Å²) >= 11 is 0. The fourth-order valence-corrected chi connectivity index (χ4v) is 22.7. The van der Waals surface area contributed by atoms with Crippen LogP contribution >= 0.6 is 0 Å². The highest BCUT2D eigenvalue weighted by Gasteiger charge is 2.43. The predicted molar refractivity (Wildman–Crippen MR) is 500 cm³/mol. The third kappa shape index (κ3) is 9.98. The summed E-state index contributed by atoms with van der Waals surface area (Å²) < 4.78 is 0. The first-order chi connectivity index (χ1) is 56.4. The van der Waals surface area contributed by atoms with Crippen LogP contribution in [0, 0.1) is 0 Å². The Labute approximate surface area is 681 Å². The maximum Gasteiger partial charge on any atom is 0.0210 e. The molecule has 20 aromatic carbocycles. The summed E-state index contributed by atoms with van der Waals surface area (Å²) in [5.41, 5.74) is 34.9. The van der Waals surface area contributed by atoms with Crippen molar-refractivity contribution >= 4 is 97.0 Å². The fourth-order valence-electron chi connectivity index (χ4n) is 22.7. The lowest BCUT2D eigenvalue weighted by molar-refractivity contribution is 0.490. The molecule has 0 atom stereocenters. The van der Waals surface area contributed by atoms with Crippen molar-refractivity contribution < 1.29 is 0 Å². The normalized spacial score (nSPS) is 14.8. The highest BCUT2D eigenvalue weighted by atomic mass is 14.5. The minimum atomic E-state index is -0.107. The second-order valence-corrected chi connectivity index (χ2v) is 36.1. The van der Waals surface area contributed by atoms with Crippen molar-refractivity contribution in [3.8, 4) is 89.0 Å². The van der Waals surface area contributed by atoms with E-state index in [9.17, 15) is 0 Å². The van der Waals surface area contributed by atoms with Gasteiger partial charge >= 0.3 is 0 Å². The lowest BCUT2D eigenvalue weighted by atomic mass is 9.73. The van der Waals surface area contributed by atoms with Gasteiger partial charge in [0.15, 0.2) is 0 Å². The molecule has 24 rings (SSSR count). The van der Waals surface area contributed by atoms with E-state index in [1.165, 1.54) is 236 Å². The monoisotopic (exact) mass is 1490 g/mol. The number of fused-ring (bicyclic) bond motifs is 12. The van der Waals surface area contributed by atoms with E-state index < -0.39 is 0 Å². The summed E-state index contributed by atoms with van der Waals surface area (Å²) in [6, 6.07) is 122. The van der Waals surface area contributed by atoms with Crippen LogP contribution in [0.15, 0.2) is 322 Å². The van der Waals surface area contributed by atoms with Gasteiger partial charge in [0.2, 0.25) is 0 Å². The molecule has 4 aliphatic rings. The smallest absolute Gasteiger partial charge is 0.0210 e. The Kier molecular flexibility index (Phi) is 15.4. The number of rotatable bonds is 8. The number of benzene rings is 20. The van der Waals surface area contributed by atoms with Crippen molar-refractivity contribution in [2.45, 2.75) is 129 Å². The fraction of sp³-hybridized carbons (Fsp3) is 0.172. The third-order valence-electron chi connectivity index (χ3n) is 29.0. The van der Waals surface area contributed by atoms with Gasteiger partial charge in [-0.3, -0.25) is 0 Å². The van der Waals surface area contributed by atoms with Crippen LogP contribution in [0.2, 0.25) is 0 Å². The second kappa shape index (κ2) is 25.5. The van der Waals surface area contributed by atoms with E-state index in [4.69, 9.17) is 0 Å². The summed E-state index contributed by atoms with van der Waals surface area (Å²) in [6.07, 6.45) is 4.45. The summed E-state index contributed by atoms with van der Waals surface area (Å²) in [4.78, 5) is 0. The average Bonchev–Trinajstić information content (AvgIpc) is 1.34. The molecule has 0 heteroatoms. The molecule has 0 N–H and O–H groups in total. The molecule has 4 aliphatic carbocycles. The van der Waals surface area contributed by atoms with Gasteiger partial charge < -0.3 is 0 Å². The molecule has 0 aromatic heterocycles. The van der Waals surface area contributed by atoms with E-state index in [-0.39, 0.29) is 27.1 Å². The molecular weight excluding hydrogens is 1390 g/mol. The van der Waals surface area contributed by atoms with Crippen LogP contribution in [-0.2, 0) is 27.1 Å². The molecule has 0 heterocycles. The van der Waals surface area contributed by atoms with E-state index in [1.807, 2.05) is 0 Å². The largest absolute Gasteiger partial charge is 0.0642 e. The maximum atomic E-state index is 2.51. The molecule has 0 saturated carbocycles. The van der Waals surface area contributed by atoms with E-state index in [1.54, 1.807) is 0 Å². The van der Waals surface area contributed by atoms with Gasteiger partial charge in [0.05, 0.1) is 0 Å². The van der Waals surface area contributed by atoms with Crippen LogP contribution in [0.25, 0.3) is 186 Å². The van der Waals surface area contributed by atoms with Crippen LogP contribution in [0.5, 0.6) is 0 Å². The van der Waals surface area contributed by atoms with Crippen molar-refractivity contribution in [1.82, 2.24) is 0 Å². The Morgan fingerprint density at radius 1 is 0.198 bits per heavy atom. The molecular formula is C116H94.